The summed E-state index contributed by atoms with van der Waals surface area (Å²) < 4.78 is 0. The molecule has 0 radical (unpaired) electrons. The van der Waals surface area contributed by atoms with Gasteiger partial charge in [-0.3, -0.25) is 4.79 Å². The van der Waals surface area contributed by atoms with Crippen molar-refractivity contribution in [1.29, 1.82) is 0 Å². The summed E-state index contributed by atoms with van der Waals surface area (Å²) in [6, 6.07) is 5.49. The second-order valence-electron chi connectivity index (χ2n) is 4.31. The number of amides is 3. The van der Waals surface area contributed by atoms with E-state index in [1.165, 1.54) is 0 Å². The van der Waals surface area contributed by atoms with Crippen LogP contribution in [0, 0.1) is 6.92 Å². The fourth-order valence-corrected chi connectivity index (χ4v) is 1.59. The van der Waals surface area contributed by atoms with E-state index in [0.29, 0.717) is 0 Å². The van der Waals surface area contributed by atoms with Gasteiger partial charge < -0.3 is 21.5 Å². The highest BCUT2D eigenvalue weighted by Gasteiger charge is 2.21. The summed E-state index contributed by atoms with van der Waals surface area (Å²) in [6.07, 6.45) is -0.451. The summed E-state index contributed by atoms with van der Waals surface area (Å²) >= 11 is 0. The molecule has 0 saturated carbocycles. The topological polar surface area (TPSA) is 122 Å². The van der Waals surface area contributed by atoms with Crippen LogP contribution in [0.15, 0.2) is 24.3 Å². The minimum absolute atomic E-state index is 0.265. The first-order valence-corrected chi connectivity index (χ1v) is 6.00. The molecular formula is C13H17N3O4. The molecule has 0 bridgehead atoms. The van der Waals surface area contributed by atoms with Crippen LogP contribution in [0.2, 0.25) is 0 Å². The third-order valence-electron chi connectivity index (χ3n) is 2.71. The highest BCUT2D eigenvalue weighted by Crippen LogP contribution is 2.05. The predicted molar refractivity (Wildman–Crippen MR) is 71.8 cm³/mol. The number of nitrogens with two attached hydrogens (primary N) is 1. The number of aliphatic carboxylic acids is 1. The van der Waals surface area contributed by atoms with Gasteiger partial charge in [0.1, 0.15) is 6.04 Å². The molecule has 3 amide bonds. The standard InChI is InChI=1S/C13H17N3O4/c1-8-4-2-3-5-9(8)7-15-13(20)16-10(12(18)19)6-11(14)17/h2-5,10H,6-7H2,1H3,(H2,14,17)(H,18,19)(H2,15,16,20)/t10-/m1/s1. The Balaban J connectivity index is 2.52. The van der Waals surface area contributed by atoms with Gasteiger partial charge in [-0.05, 0) is 18.1 Å². The average molecular weight is 279 g/mol. The van der Waals surface area contributed by atoms with Crippen molar-refractivity contribution in [2.24, 2.45) is 5.73 Å². The smallest absolute Gasteiger partial charge is 0.326 e. The Morgan fingerprint density at radius 2 is 1.95 bits per heavy atom. The Labute approximate surface area is 116 Å². The molecule has 7 nitrogen and oxygen atoms in total. The lowest BCUT2D eigenvalue weighted by Gasteiger charge is -2.14. The molecule has 0 aliphatic heterocycles. The minimum Gasteiger partial charge on any atom is -0.480 e. The molecule has 0 heterocycles. The van der Waals surface area contributed by atoms with Crippen LogP contribution < -0.4 is 16.4 Å². The highest BCUT2D eigenvalue weighted by atomic mass is 16.4. The predicted octanol–water partition coefficient (Wildman–Crippen LogP) is 0.123. The molecule has 5 N–H and O–H groups in total. The van der Waals surface area contributed by atoms with Crippen LogP contribution in [0.4, 0.5) is 4.79 Å². The maximum atomic E-state index is 11.6. The quantitative estimate of drug-likeness (QED) is 0.591. The first-order chi connectivity index (χ1) is 9.40. The Bertz CT molecular complexity index is 516. The number of carboxylic acids is 1. The molecular weight excluding hydrogens is 262 g/mol. The second-order valence-corrected chi connectivity index (χ2v) is 4.31. The number of benzene rings is 1. The third-order valence-corrected chi connectivity index (χ3v) is 2.71. The van der Waals surface area contributed by atoms with Crippen LogP contribution in [-0.4, -0.2) is 29.1 Å². The van der Waals surface area contributed by atoms with Crippen LogP contribution in [0.5, 0.6) is 0 Å². The minimum atomic E-state index is -1.33. The van der Waals surface area contributed by atoms with E-state index in [4.69, 9.17) is 10.8 Å². The molecule has 7 heteroatoms. The van der Waals surface area contributed by atoms with Gasteiger partial charge in [0.15, 0.2) is 0 Å². The molecule has 1 rings (SSSR count). The molecule has 1 aromatic rings. The van der Waals surface area contributed by atoms with Crippen molar-refractivity contribution in [1.82, 2.24) is 10.6 Å². The largest absolute Gasteiger partial charge is 0.480 e. The van der Waals surface area contributed by atoms with Crippen LogP contribution in [0.25, 0.3) is 0 Å². The normalized spacial score (nSPS) is 11.4. The maximum Gasteiger partial charge on any atom is 0.326 e. The van der Waals surface area contributed by atoms with Gasteiger partial charge in [0, 0.05) is 6.54 Å². The molecule has 20 heavy (non-hydrogen) atoms. The Kier molecular flexibility index (Phi) is 5.52. The van der Waals surface area contributed by atoms with Crippen LogP contribution in [0.3, 0.4) is 0 Å². The van der Waals surface area contributed by atoms with E-state index in [9.17, 15) is 14.4 Å². The van der Waals surface area contributed by atoms with Gasteiger partial charge in [-0.25, -0.2) is 9.59 Å². The van der Waals surface area contributed by atoms with Crippen LogP contribution in [-0.2, 0) is 16.1 Å². The number of carbonyl (C=O) groups is 3. The maximum absolute atomic E-state index is 11.6. The molecule has 0 unspecified atom stereocenters. The Hall–Kier alpha value is -2.57. The number of carbonyl (C=O) groups excluding carboxylic acids is 2. The van der Waals surface area contributed by atoms with Gasteiger partial charge in [-0.15, -0.1) is 0 Å². The fraction of sp³-hybridized carbons (Fsp3) is 0.308. The van der Waals surface area contributed by atoms with Crippen molar-refractivity contribution in [3.63, 3.8) is 0 Å². The van der Waals surface area contributed by atoms with E-state index in [1.54, 1.807) is 0 Å². The lowest BCUT2D eigenvalue weighted by molar-refractivity contribution is -0.140. The first-order valence-electron chi connectivity index (χ1n) is 6.00. The molecule has 0 aliphatic carbocycles. The van der Waals surface area contributed by atoms with E-state index < -0.39 is 30.4 Å². The number of primary amides is 1. The first kappa shape index (κ1) is 15.5. The van der Waals surface area contributed by atoms with Crippen molar-refractivity contribution in [3.8, 4) is 0 Å². The number of carboxylic acid groups (broad SMARTS) is 1. The van der Waals surface area contributed by atoms with E-state index in [-0.39, 0.29) is 6.54 Å². The zero-order chi connectivity index (χ0) is 15.1. The molecule has 0 spiro atoms. The van der Waals surface area contributed by atoms with Gasteiger partial charge in [-0.1, -0.05) is 24.3 Å². The Morgan fingerprint density at radius 3 is 2.50 bits per heavy atom. The summed E-state index contributed by atoms with van der Waals surface area (Å²) in [4.78, 5) is 33.1. The molecule has 0 saturated heterocycles. The fourth-order valence-electron chi connectivity index (χ4n) is 1.59. The second kappa shape index (κ2) is 7.13. The summed E-state index contributed by atoms with van der Waals surface area (Å²) in [5.41, 5.74) is 6.85. The monoisotopic (exact) mass is 279 g/mol. The third kappa shape index (κ3) is 4.97. The number of urea groups is 1. The molecule has 0 aliphatic rings. The van der Waals surface area contributed by atoms with Crippen molar-refractivity contribution in [3.05, 3.63) is 35.4 Å². The van der Waals surface area contributed by atoms with E-state index in [1.807, 2.05) is 31.2 Å². The number of aryl methyl sites for hydroxylation is 1. The lowest BCUT2D eigenvalue weighted by Crippen LogP contribution is -2.47. The summed E-state index contributed by atoms with van der Waals surface area (Å²) in [7, 11) is 0. The van der Waals surface area contributed by atoms with Crippen LogP contribution >= 0.6 is 0 Å². The molecule has 0 aromatic heterocycles. The molecule has 0 fully saturated rings. The van der Waals surface area contributed by atoms with Gasteiger partial charge >= 0.3 is 12.0 Å². The summed E-state index contributed by atoms with van der Waals surface area (Å²) in [5, 5.41) is 13.6. The van der Waals surface area contributed by atoms with Crippen molar-refractivity contribution in [2.45, 2.75) is 25.9 Å². The van der Waals surface area contributed by atoms with Crippen molar-refractivity contribution < 1.29 is 19.5 Å². The number of rotatable bonds is 6. The van der Waals surface area contributed by atoms with Gasteiger partial charge in [0.25, 0.3) is 0 Å². The molecule has 1 atom stereocenters. The van der Waals surface area contributed by atoms with Gasteiger partial charge in [-0.2, -0.15) is 0 Å². The average Bonchev–Trinajstić information content (AvgIpc) is 2.36. The lowest BCUT2D eigenvalue weighted by atomic mass is 10.1. The zero-order valence-corrected chi connectivity index (χ0v) is 11.1. The number of nitrogens with one attached hydrogen (secondary N) is 2. The summed E-state index contributed by atoms with van der Waals surface area (Å²) in [5.74, 6) is -2.11. The van der Waals surface area contributed by atoms with E-state index in [2.05, 4.69) is 10.6 Å². The van der Waals surface area contributed by atoms with E-state index >= 15 is 0 Å². The molecule has 108 valence electrons. The van der Waals surface area contributed by atoms with Crippen molar-refractivity contribution in [2.75, 3.05) is 0 Å². The number of hydrogen-bond acceptors (Lipinski definition) is 3. The highest BCUT2D eigenvalue weighted by molar-refractivity contribution is 5.87. The SMILES string of the molecule is Cc1ccccc1CNC(=O)N[C@H](CC(N)=O)C(=O)O. The van der Waals surface area contributed by atoms with E-state index in [0.717, 1.165) is 11.1 Å². The van der Waals surface area contributed by atoms with Crippen LogP contribution in [0.1, 0.15) is 17.5 Å². The molecule has 1 aromatic carbocycles. The van der Waals surface area contributed by atoms with Crippen molar-refractivity contribution >= 4 is 17.9 Å². The van der Waals surface area contributed by atoms with Gasteiger partial charge in [0.2, 0.25) is 5.91 Å². The number of hydrogen-bond donors (Lipinski definition) is 4. The Morgan fingerprint density at radius 1 is 1.30 bits per heavy atom. The zero-order valence-electron chi connectivity index (χ0n) is 11.1. The summed E-state index contributed by atoms with van der Waals surface area (Å²) in [6.45, 7) is 2.17. The van der Waals surface area contributed by atoms with Gasteiger partial charge in [0.05, 0.1) is 6.42 Å².